The smallest absolute Gasteiger partial charge is 0.183 e. The lowest BCUT2D eigenvalue weighted by atomic mass is 9.96. The van der Waals surface area contributed by atoms with Gasteiger partial charge in [0.05, 0.1) is 5.69 Å². The van der Waals surface area contributed by atoms with Gasteiger partial charge in [0.25, 0.3) is 0 Å². The van der Waals surface area contributed by atoms with Crippen LogP contribution in [0.5, 0.6) is 0 Å². The van der Waals surface area contributed by atoms with E-state index in [1.807, 2.05) is 0 Å². The first-order chi connectivity index (χ1) is 14.7. The molecule has 2 aromatic carbocycles. The van der Waals surface area contributed by atoms with Crippen molar-refractivity contribution in [1.82, 2.24) is 9.55 Å². The van der Waals surface area contributed by atoms with Crippen LogP contribution in [0.2, 0.25) is 0 Å². The van der Waals surface area contributed by atoms with Crippen molar-refractivity contribution in [3.05, 3.63) is 70.7 Å². The number of hydrogen-bond donors (Lipinski definition) is 1. The van der Waals surface area contributed by atoms with Crippen molar-refractivity contribution in [2.75, 3.05) is 5.32 Å². The standard InChI is InChI=1S/C26H29N3S/c1-18-13-14-24-22(15-18)25(19(2)29(24)16-20-9-5-3-6-10-20)23-17-30-26(28-23)27-21-11-7-4-8-12-21/h3,5-6,9-10,13-15,17,21H,4,7-8,11-12,16H2,1-2H3,(H,27,28). The Morgan fingerprint density at radius 3 is 2.63 bits per heavy atom. The zero-order valence-corrected chi connectivity index (χ0v) is 18.6. The van der Waals surface area contributed by atoms with Gasteiger partial charge in [-0.25, -0.2) is 4.98 Å². The van der Waals surface area contributed by atoms with Crippen LogP contribution >= 0.6 is 11.3 Å². The summed E-state index contributed by atoms with van der Waals surface area (Å²) in [5.41, 5.74) is 7.55. The molecule has 1 N–H and O–H groups in total. The molecule has 3 nitrogen and oxygen atoms in total. The Hall–Kier alpha value is -2.59. The molecule has 1 fully saturated rings. The average Bonchev–Trinajstić information content (AvgIpc) is 3.31. The number of nitrogens with zero attached hydrogens (tertiary/aromatic N) is 2. The Morgan fingerprint density at radius 1 is 1.03 bits per heavy atom. The number of aromatic nitrogens is 2. The quantitative estimate of drug-likeness (QED) is 0.374. The second-order valence-corrected chi connectivity index (χ2v) is 9.43. The van der Waals surface area contributed by atoms with Crippen molar-refractivity contribution in [3.8, 4) is 11.3 Å². The van der Waals surface area contributed by atoms with Gasteiger partial charge in [0.2, 0.25) is 0 Å². The van der Waals surface area contributed by atoms with Crippen LogP contribution in [0.4, 0.5) is 5.13 Å². The van der Waals surface area contributed by atoms with Crippen LogP contribution in [-0.2, 0) is 6.54 Å². The molecule has 1 aliphatic rings. The fraction of sp³-hybridized carbons (Fsp3) is 0.346. The molecule has 0 spiro atoms. The van der Waals surface area contributed by atoms with Gasteiger partial charge in [-0.1, -0.05) is 61.2 Å². The molecule has 4 heteroatoms. The van der Waals surface area contributed by atoms with Gasteiger partial charge in [-0.3, -0.25) is 0 Å². The molecule has 5 rings (SSSR count). The predicted octanol–water partition coefficient (Wildman–Crippen LogP) is 7.17. The Labute approximate surface area is 182 Å². The minimum absolute atomic E-state index is 0.584. The van der Waals surface area contributed by atoms with Crippen molar-refractivity contribution in [2.45, 2.75) is 58.5 Å². The second kappa shape index (κ2) is 8.27. The third kappa shape index (κ3) is 3.77. The van der Waals surface area contributed by atoms with Crippen LogP contribution < -0.4 is 5.32 Å². The molecule has 1 aliphatic carbocycles. The molecule has 0 amide bonds. The topological polar surface area (TPSA) is 29.9 Å². The van der Waals surface area contributed by atoms with E-state index < -0.39 is 0 Å². The van der Waals surface area contributed by atoms with Gasteiger partial charge < -0.3 is 9.88 Å². The van der Waals surface area contributed by atoms with Gasteiger partial charge in [-0.2, -0.15) is 0 Å². The highest BCUT2D eigenvalue weighted by Crippen LogP contribution is 2.37. The fourth-order valence-corrected chi connectivity index (χ4v) is 5.55. The predicted molar refractivity (Wildman–Crippen MR) is 129 cm³/mol. The molecule has 1 saturated carbocycles. The summed E-state index contributed by atoms with van der Waals surface area (Å²) in [4.78, 5) is 5.03. The molecule has 0 atom stereocenters. The lowest BCUT2D eigenvalue weighted by Crippen LogP contribution is -2.21. The third-order valence-corrected chi connectivity index (χ3v) is 7.13. The number of hydrogen-bond acceptors (Lipinski definition) is 3. The Kier molecular flexibility index (Phi) is 5.34. The molecule has 2 heterocycles. The van der Waals surface area contributed by atoms with E-state index in [1.54, 1.807) is 11.3 Å². The normalized spacial score (nSPS) is 15.0. The molecule has 2 aromatic heterocycles. The molecule has 0 saturated heterocycles. The van der Waals surface area contributed by atoms with E-state index in [1.165, 1.54) is 65.4 Å². The molecule has 0 radical (unpaired) electrons. The zero-order valence-electron chi connectivity index (χ0n) is 17.8. The minimum Gasteiger partial charge on any atom is -0.359 e. The van der Waals surface area contributed by atoms with Crippen LogP contribution in [0.15, 0.2) is 53.9 Å². The van der Waals surface area contributed by atoms with Gasteiger partial charge in [0, 0.05) is 40.1 Å². The monoisotopic (exact) mass is 415 g/mol. The summed E-state index contributed by atoms with van der Waals surface area (Å²) < 4.78 is 2.44. The molecule has 0 bridgehead atoms. The highest BCUT2D eigenvalue weighted by Gasteiger charge is 2.20. The van der Waals surface area contributed by atoms with E-state index in [0.29, 0.717) is 6.04 Å². The van der Waals surface area contributed by atoms with E-state index >= 15 is 0 Å². The summed E-state index contributed by atoms with van der Waals surface area (Å²) in [6.45, 7) is 5.29. The zero-order chi connectivity index (χ0) is 20.5. The number of benzene rings is 2. The summed E-state index contributed by atoms with van der Waals surface area (Å²) in [6.07, 6.45) is 6.58. The highest BCUT2D eigenvalue weighted by molar-refractivity contribution is 7.14. The third-order valence-electron chi connectivity index (χ3n) is 6.36. The minimum atomic E-state index is 0.584. The van der Waals surface area contributed by atoms with Crippen LogP contribution in [0.1, 0.15) is 48.9 Å². The summed E-state index contributed by atoms with van der Waals surface area (Å²) in [5.74, 6) is 0. The van der Waals surface area contributed by atoms with Gasteiger partial charge >= 0.3 is 0 Å². The van der Waals surface area contributed by atoms with Crippen molar-refractivity contribution in [1.29, 1.82) is 0 Å². The van der Waals surface area contributed by atoms with Crippen molar-refractivity contribution >= 4 is 27.4 Å². The summed E-state index contributed by atoms with van der Waals surface area (Å²) in [7, 11) is 0. The molecular formula is C26H29N3S. The van der Waals surface area contributed by atoms with E-state index in [-0.39, 0.29) is 0 Å². The SMILES string of the molecule is Cc1ccc2c(c1)c(-c1csc(NC3CCCCC3)n1)c(C)n2Cc1ccccc1. The fourth-order valence-electron chi connectivity index (χ4n) is 4.77. The molecule has 0 aliphatic heterocycles. The second-order valence-electron chi connectivity index (χ2n) is 8.57. The van der Waals surface area contributed by atoms with E-state index in [0.717, 1.165) is 17.4 Å². The van der Waals surface area contributed by atoms with Crippen LogP contribution in [0, 0.1) is 13.8 Å². The molecule has 0 unspecified atom stereocenters. The van der Waals surface area contributed by atoms with E-state index in [9.17, 15) is 0 Å². The highest BCUT2D eigenvalue weighted by atomic mass is 32.1. The maximum Gasteiger partial charge on any atom is 0.183 e. The van der Waals surface area contributed by atoms with E-state index in [2.05, 4.69) is 77.6 Å². The Balaban J connectivity index is 1.54. The average molecular weight is 416 g/mol. The van der Waals surface area contributed by atoms with Crippen LogP contribution in [0.25, 0.3) is 22.2 Å². The summed E-state index contributed by atoms with van der Waals surface area (Å²) >= 11 is 1.74. The lowest BCUT2D eigenvalue weighted by molar-refractivity contribution is 0.462. The summed E-state index contributed by atoms with van der Waals surface area (Å²) in [5, 5.41) is 8.29. The number of rotatable bonds is 5. The molecule has 154 valence electrons. The molecule has 30 heavy (non-hydrogen) atoms. The Morgan fingerprint density at radius 2 is 1.83 bits per heavy atom. The molecule has 4 aromatic rings. The molecular weight excluding hydrogens is 386 g/mol. The first-order valence-electron chi connectivity index (χ1n) is 11.0. The first kappa shape index (κ1) is 19.4. The van der Waals surface area contributed by atoms with Crippen LogP contribution in [-0.4, -0.2) is 15.6 Å². The van der Waals surface area contributed by atoms with Gasteiger partial charge in [0.1, 0.15) is 0 Å². The van der Waals surface area contributed by atoms with Gasteiger partial charge in [0.15, 0.2) is 5.13 Å². The largest absolute Gasteiger partial charge is 0.359 e. The van der Waals surface area contributed by atoms with E-state index in [4.69, 9.17) is 4.98 Å². The maximum atomic E-state index is 5.03. The van der Waals surface area contributed by atoms with Gasteiger partial charge in [-0.05, 0) is 44.4 Å². The Bertz CT molecular complexity index is 1150. The lowest BCUT2D eigenvalue weighted by Gasteiger charge is -2.22. The number of anilines is 1. The number of aryl methyl sites for hydroxylation is 1. The number of nitrogens with one attached hydrogen (secondary N) is 1. The van der Waals surface area contributed by atoms with Crippen molar-refractivity contribution in [2.24, 2.45) is 0 Å². The van der Waals surface area contributed by atoms with Crippen LogP contribution in [0.3, 0.4) is 0 Å². The summed E-state index contributed by atoms with van der Waals surface area (Å²) in [6, 6.07) is 18.1. The maximum absolute atomic E-state index is 5.03. The van der Waals surface area contributed by atoms with Crippen molar-refractivity contribution < 1.29 is 0 Å². The number of fused-ring (bicyclic) bond motifs is 1. The van der Waals surface area contributed by atoms with Crippen molar-refractivity contribution in [3.63, 3.8) is 0 Å². The number of thiazole rings is 1. The first-order valence-corrected chi connectivity index (χ1v) is 11.9. The van der Waals surface area contributed by atoms with Gasteiger partial charge in [-0.15, -0.1) is 11.3 Å².